The van der Waals surface area contributed by atoms with Crippen molar-refractivity contribution in [3.05, 3.63) is 66.2 Å². The number of azo groups is 1. The molecule has 1 spiro atoms. The van der Waals surface area contributed by atoms with Crippen LogP contribution in [0.25, 0.3) is 0 Å². The van der Waals surface area contributed by atoms with Crippen LogP contribution in [0.2, 0.25) is 0 Å². The fourth-order valence-electron chi connectivity index (χ4n) is 5.49. The number of thioether (sulfide) groups is 1. The summed E-state index contributed by atoms with van der Waals surface area (Å²) in [7, 11) is 0. The summed E-state index contributed by atoms with van der Waals surface area (Å²) in [4.78, 5) is 55.9. The monoisotopic (exact) mass is 490 g/mol. The van der Waals surface area contributed by atoms with Crippen LogP contribution in [0, 0.1) is 5.92 Å². The highest BCUT2D eigenvalue weighted by molar-refractivity contribution is 8.01. The van der Waals surface area contributed by atoms with Gasteiger partial charge in [0.05, 0.1) is 5.69 Å². The molecule has 2 aromatic carbocycles. The molecule has 6 rings (SSSR count). The van der Waals surface area contributed by atoms with Crippen LogP contribution in [0.5, 0.6) is 0 Å². The predicted octanol–water partition coefficient (Wildman–Crippen LogP) is 2.55. The summed E-state index contributed by atoms with van der Waals surface area (Å²) in [6.07, 6.45) is 0. The normalized spacial score (nSPS) is 32.1. The largest absolute Gasteiger partial charge is 0.459 e. The molecule has 0 unspecified atom stereocenters. The number of hydrogen-bond acceptors (Lipinski definition) is 8. The van der Waals surface area contributed by atoms with Crippen LogP contribution < -0.4 is 4.90 Å². The maximum Gasteiger partial charge on any atom is 0.330 e. The van der Waals surface area contributed by atoms with Crippen molar-refractivity contribution in [2.45, 2.75) is 48.2 Å². The van der Waals surface area contributed by atoms with Gasteiger partial charge in [-0.2, -0.15) is 10.2 Å². The number of imide groups is 1. The Morgan fingerprint density at radius 3 is 2.34 bits per heavy atom. The Balaban J connectivity index is 1.27. The van der Waals surface area contributed by atoms with E-state index in [-0.39, 0.29) is 6.61 Å². The SMILES string of the molecule is CC1(C)S[C@H]2N(C(=O)[C@]23N=N[C@@H]2C(=O)N(c4ccccc4)C(=O)[C@@H]23)[C@H]1C(=O)OCc1ccccc1. The molecule has 4 aliphatic rings. The third-order valence-corrected chi connectivity index (χ3v) is 8.76. The van der Waals surface area contributed by atoms with Gasteiger partial charge in [-0.25, -0.2) is 9.69 Å². The first-order valence-electron chi connectivity index (χ1n) is 11.3. The Bertz CT molecular complexity index is 1280. The summed E-state index contributed by atoms with van der Waals surface area (Å²) in [6.45, 7) is 3.83. The Morgan fingerprint density at radius 1 is 1.00 bits per heavy atom. The molecule has 0 bridgehead atoms. The second-order valence-corrected chi connectivity index (χ2v) is 11.3. The van der Waals surface area contributed by atoms with Crippen molar-refractivity contribution in [3.8, 4) is 0 Å². The van der Waals surface area contributed by atoms with Crippen molar-refractivity contribution in [1.82, 2.24) is 4.90 Å². The van der Waals surface area contributed by atoms with Gasteiger partial charge in [0.1, 0.15) is 23.9 Å². The average molecular weight is 491 g/mol. The highest BCUT2D eigenvalue weighted by Gasteiger charge is 2.80. The van der Waals surface area contributed by atoms with Crippen molar-refractivity contribution in [1.29, 1.82) is 0 Å². The number of para-hydroxylation sites is 1. The van der Waals surface area contributed by atoms with Gasteiger partial charge in [-0.15, -0.1) is 11.8 Å². The third-order valence-electron chi connectivity index (χ3n) is 7.12. The Kier molecular flexibility index (Phi) is 4.70. The van der Waals surface area contributed by atoms with Crippen LogP contribution in [0.3, 0.4) is 0 Å². The van der Waals surface area contributed by atoms with Crippen molar-refractivity contribution in [3.63, 3.8) is 0 Å². The van der Waals surface area contributed by atoms with Crippen molar-refractivity contribution < 1.29 is 23.9 Å². The number of anilines is 1. The number of nitrogens with zero attached hydrogens (tertiary/aromatic N) is 4. The van der Waals surface area contributed by atoms with Gasteiger partial charge in [-0.1, -0.05) is 48.5 Å². The molecule has 35 heavy (non-hydrogen) atoms. The Hall–Kier alpha value is -3.53. The van der Waals surface area contributed by atoms with Crippen LogP contribution >= 0.6 is 11.8 Å². The molecule has 3 saturated heterocycles. The molecule has 0 radical (unpaired) electrons. The smallest absolute Gasteiger partial charge is 0.330 e. The molecular formula is C25H22N4O5S. The molecule has 4 heterocycles. The molecule has 2 aromatic rings. The molecular weight excluding hydrogens is 468 g/mol. The van der Waals surface area contributed by atoms with Crippen molar-refractivity contribution in [2.24, 2.45) is 16.1 Å². The number of esters is 1. The summed E-state index contributed by atoms with van der Waals surface area (Å²) in [5, 5.41) is 7.78. The zero-order valence-corrected chi connectivity index (χ0v) is 19.8. The molecule has 0 aromatic heterocycles. The quantitative estimate of drug-likeness (QED) is 0.370. The van der Waals surface area contributed by atoms with Gasteiger partial charge in [0.15, 0.2) is 6.04 Å². The second kappa shape index (κ2) is 7.48. The third kappa shape index (κ3) is 2.89. The van der Waals surface area contributed by atoms with Crippen molar-refractivity contribution >= 4 is 41.1 Å². The van der Waals surface area contributed by atoms with E-state index >= 15 is 0 Å². The van der Waals surface area contributed by atoms with E-state index in [9.17, 15) is 19.2 Å². The van der Waals surface area contributed by atoms with E-state index in [1.54, 1.807) is 30.3 Å². The summed E-state index contributed by atoms with van der Waals surface area (Å²) in [5.41, 5.74) is -0.208. The first kappa shape index (κ1) is 22.0. The van der Waals surface area contributed by atoms with Gasteiger partial charge >= 0.3 is 5.97 Å². The fraction of sp³-hybridized carbons (Fsp3) is 0.360. The van der Waals surface area contributed by atoms with Crippen LogP contribution in [0.15, 0.2) is 70.9 Å². The molecule has 4 aliphatic heterocycles. The number of β-lactam (4-membered cyclic amide) rings is 1. The molecule has 0 aliphatic carbocycles. The molecule has 5 atom stereocenters. The molecule has 178 valence electrons. The second-order valence-electron chi connectivity index (χ2n) is 9.59. The zero-order chi connectivity index (χ0) is 24.5. The highest BCUT2D eigenvalue weighted by Crippen LogP contribution is 2.62. The summed E-state index contributed by atoms with van der Waals surface area (Å²) in [6, 6.07) is 16.0. The van der Waals surface area contributed by atoms with E-state index in [1.807, 2.05) is 44.2 Å². The lowest BCUT2D eigenvalue weighted by atomic mass is 9.74. The first-order chi connectivity index (χ1) is 16.8. The average Bonchev–Trinajstić information content (AvgIpc) is 3.47. The summed E-state index contributed by atoms with van der Waals surface area (Å²) < 4.78 is 4.89. The first-order valence-corrected chi connectivity index (χ1v) is 12.2. The number of carbonyl (C=O) groups excluding carboxylic acids is 4. The number of rotatable bonds is 4. The van der Waals surface area contributed by atoms with Gasteiger partial charge < -0.3 is 9.64 Å². The van der Waals surface area contributed by atoms with Crippen LogP contribution in [0.1, 0.15) is 19.4 Å². The molecule has 3 amide bonds. The van der Waals surface area contributed by atoms with Gasteiger partial charge in [-0.3, -0.25) is 14.4 Å². The lowest BCUT2D eigenvalue weighted by molar-refractivity contribution is -0.171. The number of amides is 3. The standard InChI is InChI=1S/C25H22N4O5S/c1-24(2)18(21(32)34-13-14-9-5-3-6-10-14)29-22(33)25(23(29)35-24)16-17(26-27-25)20(31)28(19(16)30)15-11-7-4-8-12-15/h3-12,16-18,23H,13H2,1-2H3/t16-,17+,18+,23-,25+/m1/s1. The van der Waals surface area contributed by atoms with Gasteiger partial charge in [0.25, 0.3) is 11.8 Å². The Labute approximate surface area is 205 Å². The molecule has 9 nitrogen and oxygen atoms in total. The van der Waals surface area contributed by atoms with E-state index in [4.69, 9.17) is 4.74 Å². The van der Waals surface area contributed by atoms with E-state index in [0.29, 0.717) is 5.69 Å². The summed E-state index contributed by atoms with van der Waals surface area (Å²) in [5.74, 6) is -2.97. The van der Waals surface area contributed by atoms with Gasteiger partial charge in [-0.05, 0) is 31.5 Å². The zero-order valence-electron chi connectivity index (χ0n) is 19.0. The van der Waals surface area contributed by atoms with Crippen molar-refractivity contribution in [2.75, 3.05) is 4.90 Å². The molecule has 3 fully saturated rings. The van der Waals surface area contributed by atoms with E-state index < -0.39 is 57.4 Å². The maximum absolute atomic E-state index is 13.7. The number of carbonyl (C=O) groups is 4. The van der Waals surface area contributed by atoms with Crippen LogP contribution in [-0.4, -0.2) is 56.3 Å². The predicted molar refractivity (Wildman–Crippen MR) is 126 cm³/mol. The lowest BCUT2D eigenvalue weighted by Gasteiger charge is -2.50. The maximum atomic E-state index is 13.7. The highest BCUT2D eigenvalue weighted by atomic mass is 32.2. The summed E-state index contributed by atoms with van der Waals surface area (Å²) >= 11 is 1.39. The fourth-order valence-corrected chi connectivity index (χ4v) is 7.21. The number of benzene rings is 2. The minimum atomic E-state index is -1.49. The van der Waals surface area contributed by atoms with E-state index in [2.05, 4.69) is 10.2 Å². The number of hydrogen-bond donors (Lipinski definition) is 0. The number of ether oxygens (including phenoxy) is 1. The molecule has 0 saturated carbocycles. The minimum Gasteiger partial charge on any atom is -0.459 e. The van der Waals surface area contributed by atoms with Gasteiger partial charge in [0, 0.05) is 4.75 Å². The topological polar surface area (TPSA) is 109 Å². The van der Waals surface area contributed by atoms with E-state index in [1.165, 1.54) is 16.7 Å². The molecule has 10 heteroatoms. The van der Waals surface area contributed by atoms with Gasteiger partial charge in [0.2, 0.25) is 11.4 Å². The molecule has 0 N–H and O–H groups in total. The Morgan fingerprint density at radius 2 is 1.66 bits per heavy atom. The minimum absolute atomic E-state index is 0.0954. The van der Waals surface area contributed by atoms with E-state index in [0.717, 1.165) is 10.5 Å². The number of fused-ring (bicyclic) bond motifs is 4. The lowest BCUT2D eigenvalue weighted by Crippen LogP contribution is -2.75. The van der Waals surface area contributed by atoms with Crippen LogP contribution in [-0.2, 0) is 30.5 Å². The van der Waals surface area contributed by atoms with Crippen LogP contribution in [0.4, 0.5) is 5.69 Å².